The van der Waals surface area contributed by atoms with E-state index in [4.69, 9.17) is 17.0 Å². The van der Waals surface area contributed by atoms with E-state index in [1.807, 2.05) is 28.8 Å². The number of nitrogens with zero attached hydrogens (tertiary/aromatic N) is 4. The topological polar surface area (TPSA) is 104 Å². The van der Waals surface area contributed by atoms with Gasteiger partial charge in [0.25, 0.3) is 5.91 Å². The Morgan fingerprint density at radius 2 is 1.73 bits per heavy atom. The van der Waals surface area contributed by atoms with Crippen LogP contribution in [0, 0.1) is 4.77 Å². The highest BCUT2D eigenvalue weighted by atomic mass is 32.1. The lowest BCUT2D eigenvalue weighted by molar-refractivity contribution is -0.132. The molecule has 10 heteroatoms. The van der Waals surface area contributed by atoms with Crippen LogP contribution in [0.25, 0.3) is 11.4 Å². The molecule has 0 saturated carbocycles. The molecule has 1 aromatic heterocycles. The third-order valence-electron chi connectivity index (χ3n) is 5.71. The number of piperazine rings is 1. The smallest absolute Gasteiger partial charge is 0.257 e. The molecule has 2 heterocycles. The van der Waals surface area contributed by atoms with Crippen LogP contribution in [0.1, 0.15) is 16.8 Å². The van der Waals surface area contributed by atoms with E-state index in [9.17, 15) is 14.7 Å². The molecule has 1 aliphatic rings. The number of methoxy groups -OCH3 is 1. The van der Waals surface area contributed by atoms with Crippen LogP contribution in [0.3, 0.4) is 0 Å². The average molecular weight is 468 g/mol. The number of rotatable bonds is 6. The van der Waals surface area contributed by atoms with Gasteiger partial charge >= 0.3 is 0 Å². The Kier molecular flexibility index (Phi) is 6.74. The van der Waals surface area contributed by atoms with Crippen molar-refractivity contribution in [2.45, 2.75) is 13.0 Å². The minimum atomic E-state index is -0.228. The van der Waals surface area contributed by atoms with Crippen molar-refractivity contribution < 1.29 is 19.4 Å². The Hall–Kier alpha value is -3.66. The normalized spacial score (nSPS) is 13.7. The number of phenolic OH excluding ortho intramolecular Hbond substituents is 1. The van der Waals surface area contributed by atoms with Gasteiger partial charge < -0.3 is 19.6 Å². The molecule has 2 amide bonds. The number of aromatic amines is 1. The van der Waals surface area contributed by atoms with Gasteiger partial charge in [0.2, 0.25) is 5.91 Å². The summed E-state index contributed by atoms with van der Waals surface area (Å²) in [4.78, 5) is 28.9. The van der Waals surface area contributed by atoms with Gasteiger partial charge in [0.05, 0.1) is 12.7 Å². The van der Waals surface area contributed by atoms with E-state index in [-0.39, 0.29) is 29.5 Å². The summed E-state index contributed by atoms with van der Waals surface area (Å²) in [5.74, 6) is 1.14. The summed E-state index contributed by atoms with van der Waals surface area (Å²) in [6.45, 7) is 2.12. The van der Waals surface area contributed by atoms with Gasteiger partial charge in [-0.2, -0.15) is 5.10 Å². The predicted octanol–water partition coefficient (Wildman–Crippen LogP) is 2.70. The zero-order chi connectivity index (χ0) is 23.4. The van der Waals surface area contributed by atoms with Crippen molar-refractivity contribution in [3.63, 3.8) is 0 Å². The Labute approximate surface area is 196 Å². The highest BCUT2D eigenvalue weighted by molar-refractivity contribution is 7.71. The van der Waals surface area contributed by atoms with Gasteiger partial charge in [-0.1, -0.05) is 12.1 Å². The number of aromatic hydroxyl groups is 1. The fourth-order valence-electron chi connectivity index (χ4n) is 3.83. The van der Waals surface area contributed by atoms with Crippen molar-refractivity contribution in [2.24, 2.45) is 0 Å². The summed E-state index contributed by atoms with van der Waals surface area (Å²) in [6.07, 6.45) is 0.268. The molecule has 4 rings (SSSR count). The lowest BCUT2D eigenvalue weighted by atomic mass is 10.1. The van der Waals surface area contributed by atoms with Crippen LogP contribution < -0.4 is 4.74 Å². The second-order valence-electron chi connectivity index (χ2n) is 7.67. The fraction of sp³-hybridized carbons (Fsp3) is 0.304. The van der Waals surface area contributed by atoms with E-state index < -0.39 is 0 Å². The van der Waals surface area contributed by atoms with E-state index in [0.717, 1.165) is 11.3 Å². The van der Waals surface area contributed by atoms with Crippen molar-refractivity contribution in [3.05, 3.63) is 58.9 Å². The number of H-pyrrole nitrogens is 1. The van der Waals surface area contributed by atoms with Crippen LogP contribution in [0.15, 0.2) is 48.5 Å². The maximum absolute atomic E-state index is 12.8. The number of para-hydroxylation sites is 1. The van der Waals surface area contributed by atoms with Crippen molar-refractivity contribution >= 4 is 24.0 Å². The van der Waals surface area contributed by atoms with Crippen LogP contribution in [0.2, 0.25) is 0 Å². The third-order valence-corrected chi connectivity index (χ3v) is 6.02. The second kappa shape index (κ2) is 9.86. The molecule has 0 bridgehead atoms. The molecule has 0 radical (unpaired) electrons. The number of ether oxygens (including phenoxy) is 1. The van der Waals surface area contributed by atoms with Crippen LogP contribution in [-0.2, 0) is 11.3 Å². The Morgan fingerprint density at radius 1 is 1.06 bits per heavy atom. The van der Waals surface area contributed by atoms with Gasteiger partial charge in [0, 0.05) is 44.7 Å². The summed E-state index contributed by atoms with van der Waals surface area (Å²) in [6, 6.07) is 14.0. The van der Waals surface area contributed by atoms with Gasteiger partial charge in [-0.15, -0.1) is 0 Å². The zero-order valence-electron chi connectivity index (χ0n) is 18.2. The molecule has 0 atom stereocenters. The molecule has 0 aliphatic carbocycles. The molecule has 1 saturated heterocycles. The SMILES string of the molecule is COc1ccc(-c2n[nH]c(=S)n2CCC(=O)N2CCN(C(=O)c3ccccc3O)CC2)cc1. The highest BCUT2D eigenvalue weighted by Crippen LogP contribution is 2.22. The number of phenols is 1. The van der Waals surface area contributed by atoms with E-state index >= 15 is 0 Å². The van der Waals surface area contributed by atoms with E-state index in [1.165, 1.54) is 6.07 Å². The number of amides is 2. The first kappa shape index (κ1) is 22.5. The Bertz CT molecular complexity index is 1200. The number of aromatic nitrogens is 3. The molecule has 1 aliphatic heterocycles. The minimum Gasteiger partial charge on any atom is -0.507 e. The van der Waals surface area contributed by atoms with Gasteiger partial charge in [-0.25, -0.2) is 0 Å². The first-order valence-corrected chi connectivity index (χ1v) is 11.0. The molecule has 172 valence electrons. The Morgan fingerprint density at radius 3 is 2.39 bits per heavy atom. The maximum Gasteiger partial charge on any atom is 0.257 e. The Balaban J connectivity index is 1.35. The summed E-state index contributed by atoms with van der Waals surface area (Å²) in [5.41, 5.74) is 1.14. The van der Waals surface area contributed by atoms with Gasteiger partial charge in [-0.05, 0) is 48.6 Å². The first-order valence-electron chi connectivity index (χ1n) is 10.6. The van der Waals surface area contributed by atoms with Crippen LogP contribution in [-0.4, -0.2) is 74.8 Å². The molecule has 1 fully saturated rings. The number of carbonyl (C=O) groups excluding carboxylic acids is 2. The summed E-state index contributed by atoms with van der Waals surface area (Å²) in [7, 11) is 1.61. The first-order chi connectivity index (χ1) is 16.0. The van der Waals surface area contributed by atoms with Gasteiger partial charge in [-0.3, -0.25) is 19.3 Å². The molecule has 2 aromatic carbocycles. The number of hydrogen-bond acceptors (Lipinski definition) is 6. The lowest BCUT2D eigenvalue weighted by Crippen LogP contribution is -2.50. The monoisotopic (exact) mass is 467 g/mol. The summed E-state index contributed by atoms with van der Waals surface area (Å²) < 4.78 is 7.46. The second-order valence-corrected chi connectivity index (χ2v) is 8.06. The van der Waals surface area contributed by atoms with Gasteiger partial charge in [0.15, 0.2) is 10.6 Å². The average Bonchev–Trinajstić information content (AvgIpc) is 3.22. The number of hydrogen-bond donors (Lipinski definition) is 2. The zero-order valence-corrected chi connectivity index (χ0v) is 19.0. The minimum absolute atomic E-state index is 0.00608. The molecule has 3 aromatic rings. The lowest BCUT2D eigenvalue weighted by Gasteiger charge is -2.35. The largest absolute Gasteiger partial charge is 0.507 e. The van der Waals surface area contributed by atoms with Crippen LogP contribution in [0.4, 0.5) is 0 Å². The molecule has 0 spiro atoms. The van der Waals surface area contributed by atoms with Crippen molar-refractivity contribution in [1.82, 2.24) is 24.6 Å². The predicted molar refractivity (Wildman–Crippen MR) is 125 cm³/mol. The van der Waals surface area contributed by atoms with E-state index in [2.05, 4.69) is 10.2 Å². The molecular formula is C23H25N5O4S. The molecule has 0 unspecified atom stereocenters. The summed E-state index contributed by atoms with van der Waals surface area (Å²) in [5, 5.41) is 17.0. The molecule has 33 heavy (non-hydrogen) atoms. The van der Waals surface area contributed by atoms with Gasteiger partial charge in [0.1, 0.15) is 11.5 Å². The van der Waals surface area contributed by atoms with Crippen molar-refractivity contribution in [2.75, 3.05) is 33.3 Å². The quantitative estimate of drug-likeness (QED) is 0.541. The van der Waals surface area contributed by atoms with E-state index in [0.29, 0.717) is 43.3 Å². The van der Waals surface area contributed by atoms with E-state index in [1.54, 1.807) is 35.1 Å². The standard InChI is InChI=1S/C23H25N5O4S/c1-32-17-8-6-16(7-9-17)21-24-25-23(33)28(21)11-10-20(30)26-12-14-27(15-13-26)22(31)18-4-2-3-5-19(18)29/h2-9,29H,10-15H2,1H3,(H,25,33). The summed E-state index contributed by atoms with van der Waals surface area (Å²) >= 11 is 5.36. The highest BCUT2D eigenvalue weighted by Gasteiger charge is 2.26. The molecular weight excluding hydrogens is 442 g/mol. The maximum atomic E-state index is 12.8. The molecule has 9 nitrogen and oxygen atoms in total. The molecule has 2 N–H and O–H groups in total. The number of nitrogens with one attached hydrogen (secondary N) is 1. The third kappa shape index (κ3) is 4.90. The number of carbonyl (C=O) groups is 2. The van der Waals surface area contributed by atoms with Crippen molar-refractivity contribution in [3.8, 4) is 22.9 Å². The van der Waals surface area contributed by atoms with Crippen LogP contribution in [0.5, 0.6) is 11.5 Å². The fourth-order valence-corrected chi connectivity index (χ4v) is 4.06. The van der Waals surface area contributed by atoms with Crippen LogP contribution >= 0.6 is 12.2 Å². The number of benzene rings is 2. The van der Waals surface area contributed by atoms with Crippen molar-refractivity contribution in [1.29, 1.82) is 0 Å².